The Kier molecular flexibility index (Phi) is 8.28. The first kappa shape index (κ1) is 25.7. The lowest BCUT2D eigenvalue weighted by molar-refractivity contribution is -0.125. The number of carbonyl (C=O) groups excluding carboxylic acids is 2. The summed E-state index contributed by atoms with van der Waals surface area (Å²) in [5.74, 6) is -0.720. The second-order valence-electron chi connectivity index (χ2n) is 8.27. The van der Waals surface area contributed by atoms with Gasteiger partial charge in [0.25, 0.3) is 5.91 Å². The minimum Gasteiger partial charge on any atom is -0.387 e. The monoisotopic (exact) mass is 525 g/mol. The Morgan fingerprint density at radius 1 is 1.03 bits per heavy atom. The van der Waals surface area contributed by atoms with Crippen LogP contribution in [0.25, 0.3) is 11.1 Å². The molecule has 3 aromatic rings. The van der Waals surface area contributed by atoms with Crippen molar-refractivity contribution in [3.63, 3.8) is 0 Å². The van der Waals surface area contributed by atoms with Gasteiger partial charge in [-0.3, -0.25) is 19.9 Å². The van der Waals surface area contributed by atoms with Gasteiger partial charge >= 0.3 is 0 Å². The van der Waals surface area contributed by atoms with E-state index in [-0.39, 0.29) is 24.8 Å². The number of aliphatic hydroxyl groups is 1. The molecule has 1 heterocycles. The molecule has 1 aliphatic heterocycles. The zero-order valence-corrected chi connectivity index (χ0v) is 21.0. The van der Waals surface area contributed by atoms with E-state index in [1.807, 2.05) is 36.4 Å². The molecule has 1 aliphatic rings. The van der Waals surface area contributed by atoms with Gasteiger partial charge in [0, 0.05) is 24.7 Å². The molecular weight excluding hydrogens is 501 g/mol. The normalized spacial score (nSPS) is 15.8. The SMILES string of the molecule is CONC1=CN(C(=O)c2ccc(-c3ccc(Cl)c(Cl)c3)cc2)[C@H](C(=O)NCC(O)c2ccccc2)C1. The Hall–Kier alpha value is -3.36. The predicted octanol–water partition coefficient (Wildman–Crippen LogP) is 4.72. The highest BCUT2D eigenvalue weighted by atomic mass is 35.5. The zero-order chi connectivity index (χ0) is 25.7. The van der Waals surface area contributed by atoms with Crippen LogP contribution in [0.1, 0.15) is 28.4 Å². The number of carbonyl (C=O) groups is 2. The molecule has 1 unspecified atom stereocenters. The number of hydrogen-bond donors (Lipinski definition) is 3. The van der Waals surface area contributed by atoms with E-state index < -0.39 is 12.1 Å². The summed E-state index contributed by atoms with van der Waals surface area (Å²) in [5, 5.41) is 14.1. The number of hydroxylamine groups is 1. The quantitative estimate of drug-likeness (QED) is 0.370. The molecule has 2 amide bonds. The molecule has 0 spiro atoms. The highest BCUT2D eigenvalue weighted by Crippen LogP contribution is 2.29. The van der Waals surface area contributed by atoms with Gasteiger partial charge in [-0.15, -0.1) is 0 Å². The first-order valence-corrected chi connectivity index (χ1v) is 12.0. The number of aliphatic hydroxyl groups excluding tert-OH is 1. The molecular formula is C27H25Cl2N3O4. The standard InChI is InChI=1S/C27H25Cl2N3O4/c1-36-31-21-14-24(26(34)30-15-25(33)18-5-3-2-4-6-18)32(16-21)27(35)19-9-7-17(8-10-19)20-11-12-22(28)23(29)13-20/h2-13,16,24-25,31,33H,14-15H2,1H3,(H,30,34)/t24-,25?/m0/s1. The van der Waals surface area contributed by atoms with Gasteiger partial charge in [-0.25, -0.2) is 0 Å². The molecule has 9 heteroatoms. The van der Waals surface area contributed by atoms with Crippen LogP contribution in [0.15, 0.2) is 84.7 Å². The predicted molar refractivity (Wildman–Crippen MR) is 139 cm³/mol. The number of nitrogens with one attached hydrogen (secondary N) is 2. The largest absolute Gasteiger partial charge is 0.387 e. The van der Waals surface area contributed by atoms with Crippen LogP contribution in [-0.4, -0.2) is 41.5 Å². The fourth-order valence-corrected chi connectivity index (χ4v) is 4.27. The van der Waals surface area contributed by atoms with Crippen LogP contribution in [0.4, 0.5) is 0 Å². The Labute approximate surface area is 219 Å². The molecule has 186 valence electrons. The van der Waals surface area contributed by atoms with Gasteiger partial charge in [0.2, 0.25) is 5.91 Å². The highest BCUT2D eigenvalue weighted by molar-refractivity contribution is 6.42. The van der Waals surface area contributed by atoms with Gasteiger partial charge in [0.15, 0.2) is 0 Å². The van der Waals surface area contributed by atoms with Gasteiger partial charge in [0.1, 0.15) is 6.04 Å². The van der Waals surface area contributed by atoms with E-state index in [4.69, 9.17) is 28.0 Å². The number of halogens is 2. The van der Waals surface area contributed by atoms with Gasteiger partial charge in [0.05, 0.1) is 29.0 Å². The van der Waals surface area contributed by atoms with E-state index in [9.17, 15) is 14.7 Å². The highest BCUT2D eigenvalue weighted by Gasteiger charge is 2.35. The maximum absolute atomic E-state index is 13.4. The van der Waals surface area contributed by atoms with Crippen molar-refractivity contribution in [2.24, 2.45) is 0 Å². The van der Waals surface area contributed by atoms with Crippen molar-refractivity contribution >= 4 is 35.0 Å². The fraction of sp³-hybridized carbons (Fsp3) is 0.185. The molecule has 0 bridgehead atoms. The molecule has 2 atom stereocenters. The third-order valence-corrected chi connectivity index (χ3v) is 6.59. The molecule has 0 aliphatic carbocycles. The van der Waals surface area contributed by atoms with Gasteiger partial charge in [-0.05, 0) is 41.0 Å². The Balaban J connectivity index is 1.48. The molecule has 4 rings (SSSR count). The van der Waals surface area contributed by atoms with Crippen LogP contribution >= 0.6 is 23.2 Å². The van der Waals surface area contributed by atoms with Crippen LogP contribution in [0, 0.1) is 0 Å². The number of benzene rings is 3. The van der Waals surface area contributed by atoms with Crippen molar-refractivity contribution in [2.75, 3.05) is 13.7 Å². The Morgan fingerprint density at radius 3 is 2.39 bits per heavy atom. The number of hydrogen-bond acceptors (Lipinski definition) is 5. The lowest BCUT2D eigenvalue weighted by Crippen LogP contribution is -2.45. The van der Waals surface area contributed by atoms with Crippen LogP contribution in [-0.2, 0) is 9.63 Å². The van der Waals surface area contributed by atoms with E-state index in [2.05, 4.69) is 10.8 Å². The zero-order valence-electron chi connectivity index (χ0n) is 19.4. The fourth-order valence-electron chi connectivity index (χ4n) is 3.97. The second-order valence-corrected chi connectivity index (χ2v) is 9.09. The number of amides is 2. The molecule has 7 nitrogen and oxygen atoms in total. The van der Waals surface area contributed by atoms with Crippen molar-refractivity contribution in [1.82, 2.24) is 15.7 Å². The average Bonchev–Trinajstić information content (AvgIpc) is 3.33. The maximum Gasteiger partial charge on any atom is 0.258 e. The summed E-state index contributed by atoms with van der Waals surface area (Å²) in [6.07, 6.45) is 0.948. The molecule has 36 heavy (non-hydrogen) atoms. The second kappa shape index (κ2) is 11.6. The third-order valence-electron chi connectivity index (χ3n) is 5.85. The molecule has 0 aromatic heterocycles. The Bertz CT molecular complexity index is 1270. The summed E-state index contributed by atoms with van der Waals surface area (Å²) in [6, 6.07) is 20.6. The molecule has 0 fully saturated rings. The molecule has 0 radical (unpaired) electrons. The summed E-state index contributed by atoms with van der Waals surface area (Å²) >= 11 is 12.1. The summed E-state index contributed by atoms with van der Waals surface area (Å²) in [5.41, 5.74) is 6.14. The van der Waals surface area contributed by atoms with Gasteiger partial charge < -0.3 is 15.3 Å². The molecule has 3 aromatic carbocycles. The van der Waals surface area contributed by atoms with Crippen LogP contribution in [0.3, 0.4) is 0 Å². The van der Waals surface area contributed by atoms with E-state index in [0.717, 1.165) is 11.1 Å². The lowest BCUT2D eigenvalue weighted by atomic mass is 10.0. The number of rotatable bonds is 8. The minimum absolute atomic E-state index is 0.0206. The molecule has 0 saturated heterocycles. The number of nitrogens with zero attached hydrogens (tertiary/aromatic N) is 1. The smallest absolute Gasteiger partial charge is 0.258 e. The van der Waals surface area contributed by atoms with Crippen LogP contribution < -0.4 is 10.8 Å². The van der Waals surface area contributed by atoms with Crippen LogP contribution in [0.2, 0.25) is 10.0 Å². The summed E-state index contributed by atoms with van der Waals surface area (Å²) in [7, 11) is 1.46. The van der Waals surface area contributed by atoms with Crippen molar-refractivity contribution in [1.29, 1.82) is 0 Å². The summed E-state index contributed by atoms with van der Waals surface area (Å²) in [4.78, 5) is 32.7. The Morgan fingerprint density at radius 2 is 1.72 bits per heavy atom. The van der Waals surface area contributed by atoms with Gasteiger partial charge in [-0.2, -0.15) is 0 Å². The maximum atomic E-state index is 13.4. The van der Waals surface area contributed by atoms with Crippen molar-refractivity contribution in [2.45, 2.75) is 18.6 Å². The van der Waals surface area contributed by atoms with Gasteiger partial charge in [-0.1, -0.05) is 71.7 Å². The van der Waals surface area contributed by atoms with Crippen molar-refractivity contribution < 1.29 is 19.5 Å². The van der Waals surface area contributed by atoms with E-state index in [0.29, 0.717) is 26.9 Å². The lowest BCUT2D eigenvalue weighted by Gasteiger charge is -2.23. The first-order chi connectivity index (χ1) is 17.4. The topological polar surface area (TPSA) is 90.9 Å². The van der Waals surface area contributed by atoms with E-state index in [1.54, 1.807) is 42.6 Å². The van der Waals surface area contributed by atoms with Crippen LogP contribution in [0.5, 0.6) is 0 Å². The minimum atomic E-state index is -0.862. The first-order valence-electron chi connectivity index (χ1n) is 11.3. The summed E-state index contributed by atoms with van der Waals surface area (Å²) < 4.78 is 0. The average molecular weight is 526 g/mol. The third kappa shape index (κ3) is 5.88. The van der Waals surface area contributed by atoms with E-state index in [1.165, 1.54) is 12.0 Å². The van der Waals surface area contributed by atoms with E-state index >= 15 is 0 Å². The molecule has 0 saturated carbocycles. The molecule has 3 N–H and O–H groups in total. The summed E-state index contributed by atoms with van der Waals surface area (Å²) in [6.45, 7) is 0.0206. The van der Waals surface area contributed by atoms with Crippen molar-refractivity contribution in [3.05, 3.63) is 106 Å². The van der Waals surface area contributed by atoms with Crippen molar-refractivity contribution in [3.8, 4) is 11.1 Å².